The Balaban J connectivity index is 1.63. The Morgan fingerprint density at radius 2 is 1.56 bits per heavy atom. The molecule has 0 saturated heterocycles. The van der Waals surface area contributed by atoms with Crippen LogP contribution in [0.2, 0.25) is 0 Å². The van der Waals surface area contributed by atoms with Gasteiger partial charge in [-0.3, -0.25) is 0 Å². The van der Waals surface area contributed by atoms with E-state index in [2.05, 4.69) is 60.8 Å². The summed E-state index contributed by atoms with van der Waals surface area (Å²) in [6, 6.07) is 29.0. The molecular formula is C23H21N3S. The molecule has 4 rings (SSSR count). The van der Waals surface area contributed by atoms with Gasteiger partial charge in [0, 0.05) is 12.1 Å². The minimum atomic E-state index is 0.0897. The van der Waals surface area contributed by atoms with Gasteiger partial charge in [0.1, 0.15) is 0 Å². The average molecular weight is 372 g/mol. The van der Waals surface area contributed by atoms with E-state index in [0.29, 0.717) is 5.11 Å². The highest BCUT2D eigenvalue weighted by Crippen LogP contribution is 2.33. The number of nitrogens with one attached hydrogen (secondary N) is 1. The van der Waals surface area contributed by atoms with E-state index in [0.717, 1.165) is 23.4 Å². The lowest BCUT2D eigenvalue weighted by atomic mass is 9.99. The van der Waals surface area contributed by atoms with Crippen LogP contribution in [-0.2, 0) is 0 Å². The van der Waals surface area contributed by atoms with Crippen molar-refractivity contribution in [1.29, 1.82) is 0 Å². The van der Waals surface area contributed by atoms with Gasteiger partial charge < -0.3 is 5.32 Å². The van der Waals surface area contributed by atoms with Crippen LogP contribution >= 0.6 is 12.2 Å². The molecule has 0 saturated carbocycles. The lowest BCUT2D eigenvalue weighted by molar-refractivity contribution is 0.375. The summed E-state index contributed by atoms with van der Waals surface area (Å²) in [5, 5.41) is 10.8. The number of nitrogens with zero attached hydrogens (tertiary/aromatic N) is 2. The van der Waals surface area contributed by atoms with Crippen molar-refractivity contribution in [2.45, 2.75) is 19.4 Å². The summed E-state index contributed by atoms with van der Waals surface area (Å²) in [5.41, 5.74) is 5.59. The molecule has 1 heterocycles. The first-order chi connectivity index (χ1) is 13.2. The largest absolute Gasteiger partial charge is 0.331 e. The van der Waals surface area contributed by atoms with E-state index in [9.17, 15) is 0 Å². The lowest BCUT2D eigenvalue weighted by Gasteiger charge is -2.25. The van der Waals surface area contributed by atoms with E-state index in [4.69, 9.17) is 17.3 Å². The van der Waals surface area contributed by atoms with Gasteiger partial charge in [0.15, 0.2) is 5.11 Å². The first kappa shape index (κ1) is 17.4. The Kier molecular flexibility index (Phi) is 4.99. The fourth-order valence-corrected chi connectivity index (χ4v) is 3.54. The lowest BCUT2D eigenvalue weighted by Crippen LogP contribution is -2.31. The molecule has 1 aliphatic rings. The fourth-order valence-electron chi connectivity index (χ4n) is 3.26. The summed E-state index contributed by atoms with van der Waals surface area (Å²) in [6.45, 7) is 2.07. The monoisotopic (exact) mass is 371 g/mol. The van der Waals surface area contributed by atoms with Crippen molar-refractivity contribution in [1.82, 2.24) is 5.01 Å². The Hall–Kier alpha value is -2.98. The Labute approximate surface area is 165 Å². The van der Waals surface area contributed by atoms with E-state index in [-0.39, 0.29) is 6.04 Å². The van der Waals surface area contributed by atoms with Gasteiger partial charge in [-0.2, -0.15) is 5.10 Å². The van der Waals surface area contributed by atoms with Gasteiger partial charge in [-0.1, -0.05) is 78.4 Å². The maximum atomic E-state index is 5.72. The van der Waals surface area contributed by atoms with Gasteiger partial charge in [0.2, 0.25) is 0 Å². The molecule has 0 bridgehead atoms. The van der Waals surface area contributed by atoms with Crippen LogP contribution in [0.25, 0.3) is 0 Å². The van der Waals surface area contributed by atoms with Gasteiger partial charge in [-0.05, 0) is 42.4 Å². The quantitative estimate of drug-likeness (QED) is 0.612. The predicted octanol–water partition coefficient (Wildman–Crippen LogP) is 5.54. The van der Waals surface area contributed by atoms with E-state index in [1.54, 1.807) is 0 Å². The second-order valence-corrected chi connectivity index (χ2v) is 7.07. The Morgan fingerprint density at radius 3 is 2.22 bits per heavy atom. The van der Waals surface area contributed by atoms with E-state index in [1.807, 2.05) is 41.4 Å². The third-order valence-corrected chi connectivity index (χ3v) is 5.00. The third kappa shape index (κ3) is 3.91. The fraction of sp³-hybridized carbons (Fsp3) is 0.130. The Morgan fingerprint density at radius 1 is 0.926 bits per heavy atom. The van der Waals surface area contributed by atoms with Gasteiger partial charge in [0.25, 0.3) is 0 Å². The summed E-state index contributed by atoms with van der Waals surface area (Å²) in [7, 11) is 0. The predicted molar refractivity (Wildman–Crippen MR) is 116 cm³/mol. The second kappa shape index (κ2) is 7.72. The van der Waals surface area contributed by atoms with Crippen LogP contribution < -0.4 is 5.32 Å². The molecule has 0 spiro atoms. The van der Waals surface area contributed by atoms with Crippen LogP contribution in [0.15, 0.2) is 90.0 Å². The van der Waals surface area contributed by atoms with E-state index in [1.165, 1.54) is 11.1 Å². The van der Waals surface area contributed by atoms with Gasteiger partial charge in [-0.15, -0.1) is 0 Å². The molecule has 0 aromatic heterocycles. The highest BCUT2D eigenvalue weighted by atomic mass is 32.1. The zero-order valence-corrected chi connectivity index (χ0v) is 16.0. The highest BCUT2D eigenvalue weighted by molar-refractivity contribution is 7.80. The van der Waals surface area contributed by atoms with Gasteiger partial charge in [0.05, 0.1) is 11.8 Å². The minimum Gasteiger partial charge on any atom is -0.331 e. The van der Waals surface area contributed by atoms with E-state index < -0.39 is 0 Å². The first-order valence-electron chi connectivity index (χ1n) is 9.05. The standard InChI is InChI=1S/C23H21N3S/c1-17-12-14-20(15-13-17)24-23(27)26-22(19-10-6-3-7-11-19)16-21(25-26)18-8-4-2-5-9-18/h2-15,22H,16H2,1H3,(H,24,27). The summed E-state index contributed by atoms with van der Waals surface area (Å²) < 4.78 is 0. The molecule has 0 amide bonds. The number of hydrogen-bond acceptors (Lipinski definition) is 2. The summed E-state index contributed by atoms with van der Waals surface area (Å²) in [5.74, 6) is 0. The molecule has 3 aromatic carbocycles. The van der Waals surface area contributed by atoms with Crippen molar-refractivity contribution >= 4 is 28.7 Å². The maximum Gasteiger partial charge on any atom is 0.194 e. The van der Waals surface area contributed by atoms with Crippen LogP contribution in [-0.4, -0.2) is 15.8 Å². The van der Waals surface area contributed by atoms with Crippen molar-refractivity contribution in [3.8, 4) is 0 Å². The van der Waals surface area contributed by atoms with Crippen LogP contribution in [0.3, 0.4) is 0 Å². The summed E-state index contributed by atoms with van der Waals surface area (Å²) in [4.78, 5) is 0. The average Bonchev–Trinajstić information content (AvgIpc) is 3.17. The SMILES string of the molecule is Cc1ccc(NC(=S)N2N=C(c3ccccc3)CC2c2ccccc2)cc1. The summed E-state index contributed by atoms with van der Waals surface area (Å²) in [6.07, 6.45) is 0.823. The third-order valence-electron chi connectivity index (χ3n) is 4.71. The molecule has 1 aliphatic heterocycles. The minimum absolute atomic E-state index is 0.0897. The van der Waals surface area contributed by atoms with Crippen molar-refractivity contribution < 1.29 is 0 Å². The first-order valence-corrected chi connectivity index (χ1v) is 9.46. The molecule has 0 fully saturated rings. The molecular weight excluding hydrogens is 350 g/mol. The highest BCUT2D eigenvalue weighted by Gasteiger charge is 2.31. The molecule has 1 atom stereocenters. The van der Waals surface area contributed by atoms with Crippen molar-refractivity contribution in [3.63, 3.8) is 0 Å². The number of rotatable bonds is 3. The van der Waals surface area contributed by atoms with E-state index >= 15 is 0 Å². The number of anilines is 1. The molecule has 134 valence electrons. The molecule has 4 heteroatoms. The zero-order chi connectivity index (χ0) is 18.6. The number of benzene rings is 3. The second-order valence-electron chi connectivity index (χ2n) is 6.68. The number of hydrogen-bond donors (Lipinski definition) is 1. The molecule has 3 aromatic rings. The number of aryl methyl sites for hydroxylation is 1. The summed E-state index contributed by atoms with van der Waals surface area (Å²) >= 11 is 5.72. The maximum absolute atomic E-state index is 5.72. The van der Waals surface area contributed by atoms with Crippen LogP contribution in [0.4, 0.5) is 5.69 Å². The Bertz CT molecular complexity index is 950. The van der Waals surface area contributed by atoms with Gasteiger partial charge >= 0.3 is 0 Å². The smallest absolute Gasteiger partial charge is 0.194 e. The van der Waals surface area contributed by atoms with Crippen LogP contribution in [0.1, 0.15) is 29.2 Å². The number of hydrazone groups is 1. The molecule has 27 heavy (non-hydrogen) atoms. The van der Waals surface area contributed by atoms with Crippen molar-refractivity contribution in [3.05, 3.63) is 102 Å². The molecule has 3 nitrogen and oxygen atoms in total. The van der Waals surface area contributed by atoms with Gasteiger partial charge in [-0.25, -0.2) is 5.01 Å². The molecule has 0 radical (unpaired) electrons. The van der Waals surface area contributed by atoms with Crippen molar-refractivity contribution in [2.75, 3.05) is 5.32 Å². The normalized spacial score (nSPS) is 16.1. The molecule has 1 N–H and O–H groups in total. The zero-order valence-electron chi connectivity index (χ0n) is 15.2. The van der Waals surface area contributed by atoms with Crippen LogP contribution in [0, 0.1) is 6.92 Å². The molecule has 1 unspecified atom stereocenters. The number of thiocarbonyl (C=S) groups is 1. The topological polar surface area (TPSA) is 27.6 Å². The molecule has 0 aliphatic carbocycles. The van der Waals surface area contributed by atoms with Crippen molar-refractivity contribution in [2.24, 2.45) is 5.10 Å². The van der Waals surface area contributed by atoms with Crippen LogP contribution in [0.5, 0.6) is 0 Å².